The van der Waals surface area contributed by atoms with Gasteiger partial charge in [0.05, 0.1) is 25.5 Å². The summed E-state index contributed by atoms with van der Waals surface area (Å²) < 4.78 is 10.3. The number of pyridine rings is 1. The van der Waals surface area contributed by atoms with E-state index >= 15 is 0 Å². The zero-order valence-electron chi connectivity index (χ0n) is 16.5. The highest BCUT2D eigenvalue weighted by Crippen LogP contribution is 2.27. The minimum Gasteiger partial charge on any atom is -0.618 e. The zero-order chi connectivity index (χ0) is 21.3. The fourth-order valence-corrected chi connectivity index (χ4v) is 3.29. The van der Waals surface area contributed by atoms with E-state index in [-0.39, 0.29) is 40.3 Å². The van der Waals surface area contributed by atoms with E-state index in [0.717, 1.165) is 18.7 Å². The first-order valence-electron chi connectivity index (χ1n) is 8.82. The summed E-state index contributed by atoms with van der Waals surface area (Å²) in [5.74, 6) is -1.20. The van der Waals surface area contributed by atoms with Gasteiger partial charge in [0.25, 0.3) is 0 Å². The minimum atomic E-state index is -0.840. The molecule has 1 aliphatic rings. The van der Waals surface area contributed by atoms with E-state index in [2.05, 4.69) is 5.32 Å². The number of esters is 1. The number of Topliss-reactive ketones (excluding diaryl/α,β-unsaturated/α-hetero) is 1. The maximum Gasteiger partial charge on any atom is 0.345 e. The molecule has 8 heteroatoms. The highest BCUT2D eigenvalue weighted by Gasteiger charge is 2.38. The van der Waals surface area contributed by atoms with Crippen LogP contribution in [0.5, 0.6) is 5.75 Å². The van der Waals surface area contributed by atoms with Crippen molar-refractivity contribution in [2.75, 3.05) is 14.2 Å². The van der Waals surface area contributed by atoms with Gasteiger partial charge in [-0.1, -0.05) is 12.1 Å². The minimum absolute atomic E-state index is 0.0114. The summed E-state index contributed by atoms with van der Waals surface area (Å²) in [5.41, 5.74) is 0.618. The first-order valence-corrected chi connectivity index (χ1v) is 8.82. The molecule has 0 fully saturated rings. The van der Waals surface area contributed by atoms with Crippen molar-refractivity contribution in [2.24, 2.45) is 0 Å². The van der Waals surface area contributed by atoms with Crippen molar-refractivity contribution < 1.29 is 28.6 Å². The molecule has 0 bridgehead atoms. The quantitative estimate of drug-likeness (QED) is 0.466. The van der Waals surface area contributed by atoms with E-state index in [0.29, 0.717) is 10.5 Å². The van der Waals surface area contributed by atoms with Gasteiger partial charge in [-0.05, 0) is 17.7 Å². The van der Waals surface area contributed by atoms with Gasteiger partial charge in [0.15, 0.2) is 5.78 Å². The number of benzene rings is 1. The molecule has 0 saturated carbocycles. The lowest BCUT2D eigenvalue weighted by molar-refractivity contribution is -0.619. The molecule has 1 aliphatic carbocycles. The zero-order valence-corrected chi connectivity index (χ0v) is 16.5. The summed E-state index contributed by atoms with van der Waals surface area (Å²) in [6, 6.07) is 7.21. The van der Waals surface area contributed by atoms with Crippen LogP contribution in [0.25, 0.3) is 0 Å². The van der Waals surface area contributed by atoms with Crippen molar-refractivity contribution in [3.8, 4) is 5.75 Å². The van der Waals surface area contributed by atoms with Crippen molar-refractivity contribution in [3.63, 3.8) is 0 Å². The number of aromatic nitrogens is 1. The van der Waals surface area contributed by atoms with Crippen molar-refractivity contribution in [2.45, 2.75) is 20.4 Å². The lowest BCUT2D eigenvalue weighted by Crippen LogP contribution is -2.42. The van der Waals surface area contributed by atoms with E-state index in [1.807, 2.05) is 12.1 Å². The van der Waals surface area contributed by atoms with Crippen molar-refractivity contribution >= 4 is 17.5 Å². The number of carbonyl (C=O) groups is 3. The second kappa shape index (κ2) is 7.75. The molecule has 1 aromatic heterocycles. The summed E-state index contributed by atoms with van der Waals surface area (Å²) in [4.78, 5) is 38.0. The second-order valence-corrected chi connectivity index (χ2v) is 6.53. The van der Waals surface area contributed by atoms with Gasteiger partial charge in [0.2, 0.25) is 17.2 Å². The molecule has 0 saturated heterocycles. The number of hydrogen-bond acceptors (Lipinski definition) is 7. The smallest absolute Gasteiger partial charge is 0.345 e. The number of nitrogens with one attached hydrogen (secondary N) is 1. The number of fused-ring (bicyclic) bond motifs is 1. The topological polar surface area (TPSA) is 109 Å². The number of ketones is 2. The van der Waals surface area contributed by atoms with Crippen molar-refractivity contribution in [3.05, 3.63) is 74.9 Å². The van der Waals surface area contributed by atoms with E-state index in [4.69, 9.17) is 9.47 Å². The number of carbonyl (C=O) groups excluding carboxylic acids is 3. The molecular formula is C21H20N2O6. The second-order valence-electron chi connectivity index (χ2n) is 6.53. The summed E-state index contributed by atoms with van der Waals surface area (Å²) in [7, 11) is 2.71. The summed E-state index contributed by atoms with van der Waals surface area (Å²) in [5, 5.41) is 15.4. The molecule has 0 amide bonds. The van der Waals surface area contributed by atoms with Crippen LogP contribution in [0.3, 0.4) is 0 Å². The number of hydrogen-bond donors (Lipinski definition) is 1. The van der Waals surface area contributed by atoms with Crippen LogP contribution in [-0.2, 0) is 11.3 Å². The lowest BCUT2D eigenvalue weighted by atomic mass is 9.87. The molecule has 2 aromatic rings. The molecule has 0 atom stereocenters. The molecule has 1 N–H and O–H groups in total. The van der Waals surface area contributed by atoms with Crippen molar-refractivity contribution in [1.82, 2.24) is 5.32 Å². The number of methoxy groups -OCH3 is 2. The van der Waals surface area contributed by atoms with Gasteiger partial charge in [-0.25, -0.2) is 4.79 Å². The Kier molecular flexibility index (Phi) is 5.36. The van der Waals surface area contributed by atoms with Crippen LogP contribution in [-0.4, -0.2) is 31.8 Å². The highest BCUT2D eigenvalue weighted by atomic mass is 16.5. The van der Waals surface area contributed by atoms with E-state index in [9.17, 15) is 19.6 Å². The normalized spacial score (nSPS) is 12.9. The van der Waals surface area contributed by atoms with Gasteiger partial charge in [-0.3, -0.25) is 9.59 Å². The third kappa shape index (κ3) is 3.44. The average Bonchev–Trinajstić information content (AvgIpc) is 2.73. The number of nitrogens with zero attached hydrogens (tertiary/aromatic N) is 1. The molecule has 1 aromatic carbocycles. The Labute approximate surface area is 167 Å². The standard InChI is InChI=1S/C21H20N2O6/c1-11-17-19(18(21(26)29-4)12(2)23(11)27)16(24)9-15(20(17)25)22-10-13-5-7-14(28-3)8-6-13/h5-9,22H,10H2,1-4H3. The first-order chi connectivity index (χ1) is 13.8. The van der Waals surface area contributed by atoms with Crippen LogP contribution in [0, 0.1) is 19.1 Å². The SMILES string of the molecule is COC(=O)c1c2c(c(C)[n+]([O-])c1C)C(=O)C(NCc1ccc(OC)cc1)=CC2=O. The molecule has 1 heterocycles. The third-order valence-corrected chi connectivity index (χ3v) is 4.86. The van der Waals surface area contributed by atoms with Crippen LogP contribution in [0.1, 0.15) is 48.0 Å². The fraction of sp³-hybridized carbons (Fsp3) is 0.238. The van der Waals surface area contributed by atoms with Gasteiger partial charge in [0, 0.05) is 26.5 Å². The highest BCUT2D eigenvalue weighted by molar-refractivity contribution is 6.27. The molecule has 0 radical (unpaired) electrons. The van der Waals surface area contributed by atoms with Gasteiger partial charge in [-0.15, -0.1) is 0 Å². The van der Waals surface area contributed by atoms with Gasteiger partial charge >= 0.3 is 5.97 Å². The Morgan fingerprint density at radius 1 is 1.07 bits per heavy atom. The van der Waals surface area contributed by atoms with Crippen LogP contribution in [0.15, 0.2) is 36.0 Å². The van der Waals surface area contributed by atoms with E-state index < -0.39 is 17.5 Å². The molecule has 0 unspecified atom stereocenters. The van der Waals surface area contributed by atoms with Crippen LogP contribution in [0.2, 0.25) is 0 Å². The Morgan fingerprint density at radius 3 is 2.31 bits per heavy atom. The fourth-order valence-electron chi connectivity index (χ4n) is 3.29. The number of allylic oxidation sites excluding steroid dienone is 2. The monoisotopic (exact) mass is 396 g/mol. The molecule has 8 nitrogen and oxygen atoms in total. The molecule has 29 heavy (non-hydrogen) atoms. The largest absolute Gasteiger partial charge is 0.618 e. The molecular weight excluding hydrogens is 376 g/mol. The van der Waals surface area contributed by atoms with E-state index in [1.54, 1.807) is 19.2 Å². The van der Waals surface area contributed by atoms with Gasteiger partial charge in [-0.2, -0.15) is 4.73 Å². The first kappa shape index (κ1) is 20.1. The Balaban J connectivity index is 1.99. The summed E-state index contributed by atoms with van der Waals surface area (Å²) in [6.45, 7) is 3.14. The van der Waals surface area contributed by atoms with Crippen LogP contribution < -0.4 is 14.8 Å². The molecule has 3 rings (SSSR count). The predicted molar refractivity (Wildman–Crippen MR) is 103 cm³/mol. The van der Waals surface area contributed by atoms with Gasteiger partial charge < -0.3 is 20.0 Å². The Morgan fingerprint density at radius 2 is 1.72 bits per heavy atom. The maximum atomic E-state index is 13.0. The van der Waals surface area contributed by atoms with Crippen LogP contribution >= 0.6 is 0 Å². The Hall–Kier alpha value is -3.68. The summed E-state index contributed by atoms with van der Waals surface area (Å²) in [6.07, 6.45) is 1.15. The number of ether oxygens (including phenoxy) is 2. The van der Waals surface area contributed by atoms with Crippen LogP contribution in [0.4, 0.5) is 0 Å². The Bertz CT molecular complexity index is 1050. The number of rotatable bonds is 5. The molecule has 0 spiro atoms. The van der Waals surface area contributed by atoms with E-state index in [1.165, 1.54) is 13.8 Å². The lowest BCUT2D eigenvalue weighted by Gasteiger charge is -2.21. The average molecular weight is 396 g/mol. The predicted octanol–water partition coefficient (Wildman–Crippen LogP) is 1.78. The maximum absolute atomic E-state index is 13.0. The van der Waals surface area contributed by atoms with Crippen molar-refractivity contribution in [1.29, 1.82) is 0 Å². The third-order valence-electron chi connectivity index (χ3n) is 4.86. The molecule has 150 valence electrons. The molecule has 0 aliphatic heterocycles. The van der Waals surface area contributed by atoms with Gasteiger partial charge in [0.1, 0.15) is 16.9 Å². The summed E-state index contributed by atoms with van der Waals surface area (Å²) >= 11 is 0.